The molecule has 0 aliphatic heterocycles. The van der Waals surface area contributed by atoms with Crippen LogP contribution in [0.3, 0.4) is 0 Å². The lowest BCUT2D eigenvalue weighted by Crippen LogP contribution is -2.43. The van der Waals surface area contributed by atoms with Crippen molar-refractivity contribution in [3.63, 3.8) is 0 Å². The Bertz CT molecular complexity index is 227. The van der Waals surface area contributed by atoms with Gasteiger partial charge in [0.25, 0.3) is 0 Å². The first kappa shape index (κ1) is 14.9. The molecule has 0 spiro atoms. The number of carbonyl (C=O) groups is 2. The number of likely N-dealkylation sites (N-methyl/N-ethyl adjacent to an activating group) is 1. The summed E-state index contributed by atoms with van der Waals surface area (Å²) in [5, 5.41) is 11.5. The molecule has 2 N–H and O–H groups in total. The molecule has 0 heterocycles. The maximum atomic E-state index is 11.6. The van der Waals surface area contributed by atoms with Crippen LogP contribution in [0.4, 0.5) is 0 Å². The molecule has 5 heteroatoms. The number of carboxylic acid groups (broad SMARTS) is 1. The molecule has 5 nitrogen and oxygen atoms in total. The van der Waals surface area contributed by atoms with Gasteiger partial charge in [0.2, 0.25) is 5.91 Å². The molecule has 1 amide bonds. The minimum atomic E-state index is -0.905. The number of nitrogens with zero attached hydrogens (tertiary/aromatic N) is 1. The zero-order valence-corrected chi connectivity index (χ0v) is 10.3. The highest BCUT2D eigenvalue weighted by molar-refractivity contribution is 5.79. The van der Waals surface area contributed by atoms with Crippen molar-refractivity contribution < 1.29 is 14.7 Å². The van der Waals surface area contributed by atoms with Crippen molar-refractivity contribution >= 4 is 11.9 Å². The van der Waals surface area contributed by atoms with Crippen LogP contribution < -0.4 is 5.32 Å². The number of aliphatic carboxylic acids is 1. The van der Waals surface area contributed by atoms with Gasteiger partial charge in [0.05, 0.1) is 13.1 Å². The molecule has 0 saturated carbocycles. The van der Waals surface area contributed by atoms with Crippen LogP contribution in [-0.2, 0) is 9.59 Å². The Morgan fingerprint density at radius 1 is 1.19 bits per heavy atom. The van der Waals surface area contributed by atoms with Crippen molar-refractivity contribution in [3.8, 4) is 0 Å². The minimum Gasteiger partial charge on any atom is -0.480 e. The first-order valence-corrected chi connectivity index (χ1v) is 5.76. The summed E-state index contributed by atoms with van der Waals surface area (Å²) >= 11 is 0. The third kappa shape index (κ3) is 6.40. The van der Waals surface area contributed by atoms with E-state index in [2.05, 4.69) is 5.32 Å². The van der Waals surface area contributed by atoms with Gasteiger partial charge in [-0.1, -0.05) is 20.8 Å². The molecule has 0 radical (unpaired) electrons. The molecular weight excluding hydrogens is 208 g/mol. The second kappa shape index (κ2) is 8.10. The van der Waals surface area contributed by atoms with Crippen LogP contribution in [-0.4, -0.2) is 47.6 Å². The normalized spacial score (nSPS) is 10.8. The van der Waals surface area contributed by atoms with Crippen LogP contribution in [0.2, 0.25) is 0 Å². The number of rotatable bonds is 8. The van der Waals surface area contributed by atoms with Gasteiger partial charge >= 0.3 is 5.97 Å². The van der Waals surface area contributed by atoms with Crippen LogP contribution in [0.15, 0.2) is 0 Å². The molecule has 0 atom stereocenters. The molecular formula is C11H22N2O3. The molecule has 0 aromatic heterocycles. The number of carboxylic acids is 1. The molecule has 0 unspecified atom stereocenters. The smallest absolute Gasteiger partial charge is 0.317 e. The number of hydrogen-bond acceptors (Lipinski definition) is 3. The Hall–Kier alpha value is -1.10. The van der Waals surface area contributed by atoms with E-state index in [-0.39, 0.29) is 25.0 Å². The SMILES string of the molecule is CCC(CC)NC(=O)CN(CC)CC(=O)O. The van der Waals surface area contributed by atoms with E-state index in [0.717, 1.165) is 12.8 Å². The molecule has 0 bridgehead atoms. The molecule has 0 rings (SSSR count). The van der Waals surface area contributed by atoms with Gasteiger partial charge in [-0.15, -0.1) is 0 Å². The Kier molecular flexibility index (Phi) is 7.54. The average Bonchev–Trinajstić information content (AvgIpc) is 2.24. The fourth-order valence-electron chi connectivity index (χ4n) is 1.44. The maximum absolute atomic E-state index is 11.6. The predicted octanol–water partition coefficient (Wildman–Crippen LogP) is 0.698. The van der Waals surface area contributed by atoms with Crippen LogP contribution in [0.5, 0.6) is 0 Å². The van der Waals surface area contributed by atoms with Gasteiger partial charge in [0, 0.05) is 6.04 Å². The molecule has 0 aromatic carbocycles. The summed E-state index contributed by atoms with van der Waals surface area (Å²) < 4.78 is 0. The summed E-state index contributed by atoms with van der Waals surface area (Å²) in [5.74, 6) is -1.01. The predicted molar refractivity (Wildman–Crippen MR) is 62.3 cm³/mol. The summed E-state index contributed by atoms with van der Waals surface area (Å²) in [7, 11) is 0. The highest BCUT2D eigenvalue weighted by atomic mass is 16.4. The monoisotopic (exact) mass is 230 g/mol. The third-order valence-corrected chi connectivity index (χ3v) is 2.52. The summed E-state index contributed by atoms with van der Waals surface area (Å²) in [5.41, 5.74) is 0. The van der Waals surface area contributed by atoms with Gasteiger partial charge in [-0.3, -0.25) is 14.5 Å². The second-order valence-corrected chi connectivity index (χ2v) is 3.78. The molecule has 0 aliphatic carbocycles. The standard InChI is InChI=1S/C11H22N2O3/c1-4-9(5-2)12-10(14)7-13(6-3)8-11(15)16/h9H,4-8H2,1-3H3,(H,12,14)(H,15,16). The second-order valence-electron chi connectivity index (χ2n) is 3.78. The molecule has 0 saturated heterocycles. The molecule has 94 valence electrons. The van der Waals surface area contributed by atoms with Gasteiger partial charge in [-0.05, 0) is 19.4 Å². The lowest BCUT2D eigenvalue weighted by Gasteiger charge is -2.20. The highest BCUT2D eigenvalue weighted by Gasteiger charge is 2.14. The van der Waals surface area contributed by atoms with E-state index in [4.69, 9.17) is 5.11 Å². The Morgan fingerprint density at radius 3 is 2.12 bits per heavy atom. The van der Waals surface area contributed by atoms with Crippen molar-refractivity contribution in [1.82, 2.24) is 10.2 Å². The van der Waals surface area contributed by atoms with Crippen molar-refractivity contribution in [2.45, 2.75) is 39.7 Å². The fraction of sp³-hybridized carbons (Fsp3) is 0.818. The van der Waals surface area contributed by atoms with Gasteiger partial charge in [0.1, 0.15) is 0 Å². The molecule has 0 aromatic rings. The van der Waals surface area contributed by atoms with Crippen LogP contribution in [0.1, 0.15) is 33.6 Å². The average molecular weight is 230 g/mol. The van der Waals surface area contributed by atoms with E-state index in [1.807, 2.05) is 20.8 Å². The number of hydrogen-bond donors (Lipinski definition) is 2. The lowest BCUT2D eigenvalue weighted by molar-refractivity contribution is -0.138. The van der Waals surface area contributed by atoms with Gasteiger partial charge in [-0.25, -0.2) is 0 Å². The van der Waals surface area contributed by atoms with Crippen molar-refractivity contribution in [2.75, 3.05) is 19.6 Å². The third-order valence-electron chi connectivity index (χ3n) is 2.52. The van der Waals surface area contributed by atoms with Gasteiger partial charge in [-0.2, -0.15) is 0 Å². The first-order chi connectivity index (χ1) is 7.53. The number of nitrogens with one attached hydrogen (secondary N) is 1. The lowest BCUT2D eigenvalue weighted by atomic mass is 10.2. The summed E-state index contributed by atoms with van der Waals surface area (Å²) in [4.78, 5) is 23.7. The van der Waals surface area contributed by atoms with E-state index >= 15 is 0 Å². The van der Waals surface area contributed by atoms with Crippen LogP contribution in [0, 0.1) is 0 Å². The molecule has 16 heavy (non-hydrogen) atoms. The van der Waals surface area contributed by atoms with Crippen LogP contribution in [0.25, 0.3) is 0 Å². The maximum Gasteiger partial charge on any atom is 0.317 e. The largest absolute Gasteiger partial charge is 0.480 e. The zero-order chi connectivity index (χ0) is 12.6. The number of amides is 1. The first-order valence-electron chi connectivity index (χ1n) is 5.76. The van der Waals surface area contributed by atoms with Crippen molar-refractivity contribution in [3.05, 3.63) is 0 Å². The molecule has 0 aliphatic rings. The summed E-state index contributed by atoms with van der Waals surface area (Å²) in [6.45, 7) is 6.49. The highest BCUT2D eigenvalue weighted by Crippen LogP contribution is 1.96. The Labute approximate surface area is 96.8 Å². The van der Waals surface area contributed by atoms with E-state index in [0.29, 0.717) is 6.54 Å². The van der Waals surface area contributed by atoms with E-state index < -0.39 is 5.97 Å². The van der Waals surface area contributed by atoms with Crippen molar-refractivity contribution in [2.24, 2.45) is 0 Å². The minimum absolute atomic E-state index is 0.0904. The summed E-state index contributed by atoms with van der Waals surface area (Å²) in [6, 6.07) is 0.191. The summed E-state index contributed by atoms with van der Waals surface area (Å²) in [6.07, 6.45) is 1.79. The van der Waals surface area contributed by atoms with E-state index in [1.54, 1.807) is 4.90 Å². The topological polar surface area (TPSA) is 69.6 Å². The fourth-order valence-corrected chi connectivity index (χ4v) is 1.44. The van der Waals surface area contributed by atoms with E-state index in [1.165, 1.54) is 0 Å². The molecule has 0 fully saturated rings. The van der Waals surface area contributed by atoms with E-state index in [9.17, 15) is 9.59 Å². The quantitative estimate of drug-likeness (QED) is 0.644. The van der Waals surface area contributed by atoms with Crippen LogP contribution >= 0.6 is 0 Å². The van der Waals surface area contributed by atoms with Crippen molar-refractivity contribution in [1.29, 1.82) is 0 Å². The van der Waals surface area contributed by atoms with Gasteiger partial charge in [0.15, 0.2) is 0 Å². The number of carbonyl (C=O) groups excluding carboxylic acids is 1. The Balaban J connectivity index is 4.04. The van der Waals surface area contributed by atoms with Gasteiger partial charge < -0.3 is 10.4 Å². The zero-order valence-electron chi connectivity index (χ0n) is 10.3. The Morgan fingerprint density at radius 2 is 1.75 bits per heavy atom.